The highest BCUT2D eigenvalue weighted by Gasteiger charge is 2.25. The lowest BCUT2D eigenvalue weighted by atomic mass is 10.1. The summed E-state index contributed by atoms with van der Waals surface area (Å²) >= 11 is 0. The van der Waals surface area contributed by atoms with E-state index < -0.39 is 15.8 Å². The summed E-state index contributed by atoms with van der Waals surface area (Å²) < 4.78 is 24.4. The predicted molar refractivity (Wildman–Crippen MR) is 108 cm³/mol. The Labute approximate surface area is 158 Å². The molecule has 6 heteroatoms. The molecule has 0 aromatic heterocycles. The molecule has 0 spiro atoms. The lowest BCUT2D eigenvalue weighted by Crippen LogP contribution is -2.38. The molecular formula is C20H34N2O3S. The average molecular weight is 383 g/mol. The van der Waals surface area contributed by atoms with Crippen LogP contribution in [0.15, 0.2) is 24.3 Å². The van der Waals surface area contributed by atoms with Crippen LogP contribution in [0.5, 0.6) is 0 Å². The molecule has 0 bridgehead atoms. The van der Waals surface area contributed by atoms with Gasteiger partial charge in [0.25, 0.3) is 0 Å². The van der Waals surface area contributed by atoms with Crippen molar-refractivity contribution >= 4 is 15.7 Å². The van der Waals surface area contributed by atoms with Crippen LogP contribution in [0.1, 0.15) is 51.2 Å². The number of nitrogens with two attached hydrogens (primary N) is 1. The number of amides is 1. The van der Waals surface area contributed by atoms with Gasteiger partial charge in [0.1, 0.15) is 0 Å². The standard InChI is InChI=1S/C20H34N2O3S/c1-4-6-13-26(24,25)16-17(3)20(23)22(12-8-11-21)15-19-10-7-9-18(5-2)14-19/h7,9-10,14,17H,4-6,8,11-13,15-16,21H2,1-3H3/t17-/m1/s1. The van der Waals surface area contributed by atoms with Crippen LogP contribution >= 0.6 is 0 Å². The van der Waals surface area contributed by atoms with E-state index in [2.05, 4.69) is 19.1 Å². The highest BCUT2D eigenvalue weighted by Crippen LogP contribution is 2.14. The van der Waals surface area contributed by atoms with Gasteiger partial charge in [-0.05, 0) is 36.9 Å². The fourth-order valence-electron chi connectivity index (χ4n) is 2.93. The lowest BCUT2D eigenvalue weighted by molar-refractivity contribution is -0.135. The van der Waals surface area contributed by atoms with Gasteiger partial charge in [0.2, 0.25) is 5.91 Å². The summed E-state index contributed by atoms with van der Waals surface area (Å²) in [7, 11) is -3.20. The van der Waals surface area contributed by atoms with E-state index >= 15 is 0 Å². The Hall–Kier alpha value is -1.40. The molecule has 1 amide bonds. The minimum atomic E-state index is -3.20. The van der Waals surface area contributed by atoms with Crippen molar-refractivity contribution in [1.29, 1.82) is 0 Å². The molecule has 1 rings (SSSR count). The highest BCUT2D eigenvalue weighted by molar-refractivity contribution is 7.91. The third kappa shape index (κ3) is 7.87. The third-order valence-corrected chi connectivity index (χ3v) is 6.37. The van der Waals surface area contributed by atoms with E-state index in [1.165, 1.54) is 5.56 Å². The third-order valence-electron chi connectivity index (χ3n) is 4.45. The summed E-state index contributed by atoms with van der Waals surface area (Å²) in [6.07, 6.45) is 3.12. The first-order valence-corrected chi connectivity index (χ1v) is 11.4. The van der Waals surface area contributed by atoms with Crippen LogP contribution in [0, 0.1) is 5.92 Å². The molecule has 0 saturated carbocycles. The Balaban J connectivity index is 2.84. The maximum Gasteiger partial charge on any atom is 0.226 e. The zero-order chi connectivity index (χ0) is 19.6. The van der Waals surface area contributed by atoms with Gasteiger partial charge in [0.05, 0.1) is 11.5 Å². The summed E-state index contributed by atoms with van der Waals surface area (Å²) in [5.41, 5.74) is 7.91. The van der Waals surface area contributed by atoms with Crippen LogP contribution < -0.4 is 5.73 Å². The van der Waals surface area contributed by atoms with Crippen molar-refractivity contribution in [2.45, 2.75) is 53.0 Å². The number of hydrogen-bond donors (Lipinski definition) is 1. The van der Waals surface area contributed by atoms with Gasteiger partial charge in [-0.1, -0.05) is 51.5 Å². The Morgan fingerprint density at radius 2 is 1.88 bits per heavy atom. The first-order chi connectivity index (χ1) is 12.3. The summed E-state index contributed by atoms with van der Waals surface area (Å²) in [6, 6.07) is 8.17. The molecule has 0 aliphatic carbocycles. The van der Waals surface area contributed by atoms with Gasteiger partial charge in [0, 0.05) is 19.0 Å². The van der Waals surface area contributed by atoms with E-state index in [0.717, 1.165) is 18.4 Å². The molecular weight excluding hydrogens is 348 g/mol. The monoisotopic (exact) mass is 382 g/mol. The van der Waals surface area contributed by atoms with Crippen molar-refractivity contribution in [3.8, 4) is 0 Å². The molecule has 1 aromatic carbocycles. The molecule has 26 heavy (non-hydrogen) atoms. The molecule has 2 N–H and O–H groups in total. The first-order valence-electron chi connectivity index (χ1n) is 9.60. The lowest BCUT2D eigenvalue weighted by Gasteiger charge is -2.26. The van der Waals surface area contributed by atoms with Crippen LogP contribution in [-0.2, 0) is 27.6 Å². The highest BCUT2D eigenvalue weighted by atomic mass is 32.2. The van der Waals surface area contributed by atoms with Gasteiger partial charge in [-0.3, -0.25) is 4.79 Å². The number of carbonyl (C=O) groups is 1. The maximum atomic E-state index is 12.9. The Morgan fingerprint density at radius 3 is 2.50 bits per heavy atom. The van der Waals surface area contributed by atoms with E-state index in [0.29, 0.717) is 32.5 Å². The van der Waals surface area contributed by atoms with Crippen molar-refractivity contribution in [3.05, 3.63) is 35.4 Å². The number of aryl methyl sites for hydroxylation is 1. The maximum absolute atomic E-state index is 12.9. The van der Waals surface area contributed by atoms with Crippen LogP contribution in [0.25, 0.3) is 0 Å². The minimum absolute atomic E-state index is 0.0834. The SMILES string of the molecule is CCCCS(=O)(=O)C[C@@H](C)C(=O)N(CCCN)Cc1cccc(CC)c1. The minimum Gasteiger partial charge on any atom is -0.338 e. The fourth-order valence-corrected chi connectivity index (χ4v) is 4.73. The number of nitrogens with zero attached hydrogens (tertiary/aromatic N) is 1. The normalized spacial score (nSPS) is 12.8. The second-order valence-corrected chi connectivity index (χ2v) is 9.17. The van der Waals surface area contributed by atoms with Crippen molar-refractivity contribution in [3.63, 3.8) is 0 Å². The zero-order valence-corrected chi connectivity index (χ0v) is 17.2. The van der Waals surface area contributed by atoms with Crippen molar-refractivity contribution in [1.82, 2.24) is 4.90 Å². The Morgan fingerprint density at radius 1 is 1.19 bits per heavy atom. The van der Waals surface area contributed by atoms with Gasteiger partial charge < -0.3 is 10.6 Å². The van der Waals surface area contributed by atoms with Gasteiger partial charge in [-0.25, -0.2) is 8.42 Å². The van der Waals surface area contributed by atoms with Gasteiger partial charge >= 0.3 is 0 Å². The van der Waals surface area contributed by atoms with E-state index in [-0.39, 0.29) is 17.4 Å². The van der Waals surface area contributed by atoms with Crippen LogP contribution in [0.3, 0.4) is 0 Å². The second-order valence-electron chi connectivity index (χ2n) is 6.94. The number of benzene rings is 1. The fraction of sp³-hybridized carbons (Fsp3) is 0.650. The molecule has 148 valence electrons. The number of carbonyl (C=O) groups excluding carboxylic acids is 1. The molecule has 0 heterocycles. The molecule has 0 aliphatic heterocycles. The van der Waals surface area contributed by atoms with E-state index in [4.69, 9.17) is 5.73 Å². The molecule has 1 aromatic rings. The Bertz CT molecular complexity index is 659. The van der Waals surface area contributed by atoms with Crippen LogP contribution in [0.4, 0.5) is 0 Å². The van der Waals surface area contributed by atoms with E-state index in [1.807, 2.05) is 19.1 Å². The summed E-state index contributed by atoms with van der Waals surface area (Å²) in [6.45, 7) is 7.31. The van der Waals surface area contributed by atoms with E-state index in [9.17, 15) is 13.2 Å². The van der Waals surface area contributed by atoms with Gasteiger partial charge in [-0.2, -0.15) is 0 Å². The number of hydrogen-bond acceptors (Lipinski definition) is 4. The quantitative estimate of drug-likeness (QED) is 0.603. The number of rotatable bonds is 12. The van der Waals surface area contributed by atoms with Crippen molar-refractivity contribution in [2.75, 3.05) is 24.6 Å². The predicted octanol–water partition coefficient (Wildman–Crippen LogP) is 2.78. The van der Waals surface area contributed by atoms with Gasteiger partial charge in [0.15, 0.2) is 9.84 Å². The molecule has 0 fully saturated rings. The smallest absolute Gasteiger partial charge is 0.226 e. The zero-order valence-electron chi connectivity index (χ0n) is 16.4. The topological polar surface area (TPSA) is 80.5 Å². The van der Waals surface area contributed by atoms with Crippen LogP contribution in [-0.4, -0.2) is 43.8 Å². The second kappa shape index (κ2) is 11.3. The molecule has 0 aliphatic rings. The number of unbranched alkanes of at least 4 members (excludes halogenated alkanes) is 1. The molecule has 0 unspecified atom stereocenters. The summed E-state index contributed by atoms with van der Waals surface area (Å²) in [5.74, 6) is -0.577. The van der Waals surface area contributed by atoms with Gasteiger partial charge in [-0.15, -0.1) is 0 Å². The van der Waals surface area contributed by atoms with Crippen LogP contribution in [0.2, 0.25) is 0 Å². The largest absolute Gasteiger partial charge is 0.338 e. The Kier molecular flexibility index (Phi) is 9.88. The first kappa shape index (κ1) is 22.6. The summed E-state index contributed by atoms with van der Waals surface area (Å²) in [5, 5.41) is 0. The molecule has 0 saturated heterocycles. The van der Waals surface area contributed by atoms with E-state index in [1.54, 1.807) is 11.8 Å². The molecule has 0 radical (unpaired) electrons. The average Bonchev–Trinajstić information content (AvgIpc) is 2.62. The van der Waals surface area contributed by atoms with Crippen molar-refractivity contribution in [2.24, 2.45) is 11.7 Å². The van der Waals surface area contributed by atoms with Crippen molar-refractivity contribution < 1.29 is 13.2 Å². The summed E-state index contributed by atoms with van der Waals surface area (Å²) in [4.78, 5) is 14.6. The molecule has 1 atom stereocenters. The molecule has 5 nitrogen and oxygen atoms in total. The number of sulfone groups is 1.